The minimum Gasteiger partial charge on any atom is -0.458 e. The molecular weight excluding hydrogens is 406 g/mol. The van der Waals surface area contributed by atoms with Crippen LogP contribution in [0, 0.1) is 0 Å². The number of unbranched alkanes of at least 4 members (excludes halogenated alkanes) is 4. The summed E-state index contributed by atoms with van der Waals surface area (Å²) >= 11 is 3.04. The summed E-state index contributed by atoms with van der Waals surface area (Å²) in [5, 5.41) is 5.27. The number of aromatic nitrogens is 1. The molecule has 1 aromatic heterocycles. The number of esters is 1. The van der Waals surface area contributed by atoms with Gasteiger partial charge in [0.15, 0.2) is 10.0 Å². The molecule has 0 unspecified atom stereocenters. The van der Waals surface area contributed by atoms with Gasteiger partial charge in [-0.05, 0) is 33.2 Å². The fraction of sp³-hybridized carbons (Fsp3) is 0.762. The maximum atomic E-state index is 12.2. The Bertz CT molecular complexity index is 636. The lowest BCUT2D eigenvalue weighted by Gasteiger charge is -2.25. The Morgan fingerprint density at radius 3 is 2.93 bits per heavy atom. The molecule has 1 aliphatic heterocycles. The topological polar surface area (TPSA) is 71.5 Å². The van der Waals surface area contributed by atoms with Crippen LogP contribution in [0.3, 0.4) is 0 Å². The molecular formula is C21H35N3O3S2. The minimum atomic E-state index is -0.376. The molecule has 1 atom stereocenters. The molecule has 1 aliphatic rings. The van der Waals surface area contributed by atoms with E-state index in [9.17, 15) is 9.59 Å². The van der Waals surface area contributed by atoms with Crippen LogP contribution in [-0.4, -0.2) is 59.3 Å². The van der Waals surface area contributed by atoms with Crippen LogP contribution in [0.4, 0.5) is 0 Å². The van der Waals surface area contributed by atoms with Gasteiger partial charge in [0.1, 0.15) is 0 Å². The van der Waals surface area contributed by atoms with Gasteiger partial charge in [0.2, 0.25) is 5.91 Å². The number of likely N-dealkylation sites (tertiary alicyclic amines) is 1. The highest BCUT2D eigenvalue weighted by atomic mass is 32.2. The summed E-state index contributed by atoms with van der Waals surface area (Å²) in [6, 6.07) is 0.298. The quantitative estimate of drug-likeness (QED) is 0.263. The van der Waals surface area contributed by atoms with Crippen LogP contribution < -0.4 is 5.32 Å². The molecule has 0 spiro atoms. The van der Waals surface area contributed by atoms with Crippen LogP contribution in [0.25, 0.3) is 0 Å². The number of hydrogen-bond acceptors (Lipinski definition) is 7. The number of thiazole rings is 1. The fourth-order valence-corrected chi connectivity index (χ4v) is 5.16. The van der Waals surface area contributed by atoms with E-state index < -0.39 is 0 Å². The normalized spacial score (nSPS) is 16.8. The summed E-state index contributed by atoms with van der Waals surface area (Å²) in [4.78, 5) is 30.5. The number of hydrogen-bond donors (Lipinski definition) is 1. The molecule has 1 N–H and O–H groups in total. The van der Waals surface area contributed by atoms with Crippen molar-refractivity contribution in [1.82, 2.24) is 15.2 Å². The molecule has 0 saturated carbocycles. The van der Waals surface area contributed by atoms with Crippen LogP contribution in [0.2, 0.25) is 0 Å². The Morgan fingerprint density at radius 1 is 1.38 bits per heavy atom. The van der Waals surface area contributed by atoms with Gasteiger partial charge < -0.3 is 15.0 Å². The summed E-state index contributed by atoms with van der Waals surface area (Å²) in [6.45, 7) is 8.52. The highest BCUT2D eigenvalue weighted by molar-refractivity contribution is 8.01. The number of nitrogens with one attached hydrogen (secondary N) is 1. The second-order valence-electron chi connectivity index (χ2n) is 7.70. The Labute approximate surface area is 183 Å². The SMILES string of the molecule is CCCCCCCNC[C@H]1CCC(=O)N1CCSc1nc(C(=O)OC(C)C)cs1. The second kappa shape index (κ2) is 13.2. The molecule has 0 bridgehead atoms. The molecule has 2 rings (SSSR count). The molecule has 0 aromatic carbocycles. The molecule has 6 nitrogen and oxygen atoms in total. The Balaban J connectivity index is 1.68. The zero-order valence-corrected chi connectivity index (χ0v) is 19.6. The van der Waals surface area contributed by atoms with Crippen molar-refractivity contribution in [3.63, 3.8) is 0 Å². The van der Waals surface area contributed by atoms with Crippen LogP contribution in [-0.2, 0) is 9.53 Å². The highest BCUT2D eigenvalue weighted by Crippen LogP contribution is 2.25. The van der Waals surface area contributed by atoms with Crippen molar-refractivity contribution in [2.24, 2.45) is 0 Å². The van der Waals surface area contributed by atoms with Gasteiger partial charge in [-0.3, -0.25) is 4.79 Å². The van der Waals surface area contributed by atoms with Crippen molar-refractivity contribution in [1.29, 1.82) is 0 Å². The lowest BCUT2D eigenvalue weighted by atomic mass is 10.1. The lowest BCUT2D eigenvalue weighted by molar-refractivity contribution is -0.128. The zero-order chi connectivity index (χ0) is 21.1. The first-order valence-corrected chi connectivity index (χ1v) is 12.7. The van der Waals surface area contributed by atoms with Crippen LogP contribution in [0.15, 0.2) is 9.72 Å². The Hall–Kier alpha value is -1.12. The van der Waals surface area contributed by atoms with Gasteiger partial charge in [-0.25, -0.2) is 9.78 Å². The number of rotatable bonds is 14. The first kappa shape index (κ1) is 24.2. The number of thioether (sulfide) groups is 1. The summed E-state index contributed by atoms with van der Waals surface area (Å²) < 4.78 is 6.02. The van der Waals surface area contributed by atoms with E-state index >= 15 is 0 Å². The van der Waals surface area contributed by atoms with Crippen molar-refractivity contribution in [2.75, 3.05) is 25.4 Å². The van der Waals surface area contributed by atoms with Gasteiger partial charge in [0, 0.05) is 36.7 Å². The number of amides is 1. The number of carbonyl (C=O) groups is 2. The summed E-state index contributed by atoms with van der Waals surface area (Å²) in [7, 11) is 0. The van der Waals surface area contributed by atoms with Gasteiger partial charge in [-0.2, -0.15) is 0 Å². The summed E-state index contributed by atoms with van der Waals surface area (Å²) in [5.74, 6) is 0.658. The smallest absolute Gasteiger partial charge is 0.358 e. The van der Waals surface area contributed by atoms with E-state index in [0.717, 1.165) is 36.1 Å². The third-order valence-electron chi connectivity index (χ3n) is 4.88. The maximum Gasteiger partial charge on any atom is 0.358 e. The molecule has 2 heterocycles. The van der Waals surface area contributed by atoms with E-state index in [1.807, 2.05) is 18.7 Å². The molecule has 1 saturated heterocycles. The molecule has 8 heteroatoms. The van der Waals surface area contributed by atoms with E-state index in [0.29, 0.717) is 18.2 Å². The minimum absolute atomic E-state index is 0.150. The maximum absolute atomic E-state index is 12.2. The van der Waals surface area contributed by atoms with Crippen molar-refractivity contribution in [3.05, 3.63) is 11.1 Å². The number of ether oxygens (including phenoxy) is 1. The first-order valence-electron chi connectivity index (χ1n) is 10.8. The van der Waals surface area contributed by atoms with Gasteiger partial charge >= 0.3 is 5.97 Å². The predicted octanol–water partition coefficient (Wildman–Crippen LogP) is 4.35. The van der Waals surface area contributed by atoms with Gasteiger partial charge in [-0.1, -0.05) is 44.4 Å². The Morgan fingerprint density at radius 2 is 2.17 bits per heavy atom. The molecule has 0 aliphatic carbocycles. The van der Waals surface area contributed by atoms with Crippen molar-refractivity contribution in [2.45, 2.75) is 82.2 Å². The van der Waals surface area contributed by atoms with E-state index in [1.165, 1.54) is 43.4 Å². The summed E-state index contributed by atoms with van der Waals surface area (Å²) in [5.41, 5.74) is 0.365. The average Bonchev–Trinajstić information content (AvgIpc) is 3.28. The van der Waals surface area contributed by atoms with E-state index in [-0.39, 0.29) is 18.0 Å². The molecule has 1 fully saturated rings. The van der Waals surface area contributed by atoms with Crippen LogP contribution in [0.1, 0.15) is 76.2 Å². The number of carbonyl (C=O) groups excluding carboxylic acids is 2. The Kier molecular flexibility index (Phi) is 11.0. The molecule has 164 valence electrons. The molecule has 1 amide bonds. The third-order valence-corrected chi connectivity index (χ3v) is 6.88. The number of nitrogens with zero attached hydrogens (tertiary/aromatic N) is 2. The monoisotopic (exact) mass is 441 g/mol. The van der Waals surface area contributed by atoms with Crippen molar-refractivity contribution in [3.8, 4) is 0 Å². The zero-order valence-electron chi connectivity index (χ0n) is 17.9. The van der Waals surface area contributed by atoms with Crippen molar-refractivity contribution >= 4 is 35.0 Å². The van der Waals surface area contributed by atoms with Gasteiger partial charge in [-0.15, -0.1) is 11.3 Å². The third kappa shape index (κ3) is 8.64. The molecule has 1 aromatic rings. The van der Waals surface area contributed by atoms with E-state index in [1.54, 1.807) is 17.1 Å². The largest absolute Gasteiger partial charge is 0.458 e. The standard InChI is InChI=1S/C21H35N3O3S2/c1-4-5-6-7-8-11-22-14-17-9-10-19(25)24(17)12-13-28-21-23-18(15-29-21)20(26)27-16(2)3/h15-17,22H,4-14H2,1-3H3/t17-/m1/s1. The fourth-order valence-electron chi connectivity index (χ4n) is 3.36. The predicted molar refractivity (Wildman–Crippen MR) is 120 cm³/mol. The van der Waals surface area contributed by atoms with E-state index in [2.05, 4.69) is 17.2 Å². The van der Waals surface area contributed by atoms with Crippen LogP contribution in [0.5, 0.6) is 0 Å². The molecule has 29 heavy (non-hydrogen) atoms. The molecule has 0 radical (unpaired) electrons. The van der Waals surface area contributed by atoms with Gasteiger partial charge in [0.25, 0.3) is 0 Å². The average molecular weight is 442 g/mol. The lowest BCUT2D eigenvalue weighted by Crippen LogP contribution is -2.41. The van der Waals surface area contributed by atoms with Crippen molar-refractivity contribution < 1.29 is 14.3 Å². The second-order valence-corrected chi connectivity index (χ2v) is 9.90. The highest BCUT2D eigenvalue weighted by Gasteiger charge is 2.30. The first-order chi connectivity index (χ1) is 14.0. The van der Waals surface area contributed by atoms with E-state index in [4.69, 9.17) is 4.74 Å². The van der Waals surface area contributed by atoms with Gasteiger partial charge in [0.05, 0.1) is 6.10 Å². The van der Waals surface area contributed by atoms with Crippen LogP contribution >= 0.6 is 23.1 Å². The summed E-state index contributed by atoms with van der Waals surface area (Å²) in [6.07, 6.45) is 7.84.